The first-order chi connectivity index (χ1) is 10.1. The van der Waals surface area contributed by atoms with Crippen LogP contribution in [-0.2, 0) is 11.3 Å². The van der Waals surface area contributed by atoms with Gasteiger partial charge in [-0.05, 0) is 19.1 Å². The van der Waals surface area contributed by atoms with Crippen LogP contribution in [-0.4, -0.2) is 22.9 Å². The number of anilines is 1. The minimum absolute atomic E-state index is 0.220. The molecule has 21 heavy (non-hydrogen) atoms. The predicted octanol–water partition coefficient (Wildman–Crippen LogP) is 1.79. The Labute approximate surface area is 125 Å². The number of para-hydroxylation sites is 1. The molecule has 2 heterocycles. The molecule has 0 aliphatic carbocycles. The molecule has 1 atom stereocenters. The molecule has 7 heteroatoms. The van der Waals surface area contributed by atoms with Crippen LogP contribution in [0.1, 0.15) is 22.3 Å². The fraction of sp³-hybridized carbons (Fsp3) is 0.214. The van der Waals surface area contributed by atoms with Gasteiger partial charge < -0.3 is 15.4 Å². The minimum Gasteiger partial charge on any atom is -0.478 e. The van der Waals surface area contributed by atoms with Crippen LogP contribution >= 0.6 is 11.3 Å². The molecule has 2 N–H and O–H groups in total. The number of amides is 2. The number of hydrogen-bond acceptors (Lipinski definition) is 5. The number of carbonyl (C=O) groups excluding carboxylic acids is 2. The van der Waals surface area contributed by atoms with E-state index in [1.165, 1.54) is 11.3 Å². The normalized spacial score (nSPS) is 16.6. The minimum atomic E-state index is -0.620. The summed E-state index contributed by atoms with van der Waals surface area (Å²) in [6.07, 6.45) is 1.07. The first kappa shape index (κ1) is 13.6. The van der Waals surface area contributed by atoms with Crippen LogP contribution in [0.2, 0.25) is 0 Å². The van der Waals surface area contributed by atoms with E-state index in [1.54, 1.807) is 31.3 Å². The van der Waals surface area contributed by atoms with Crippen LogP contribution in [0.4, 0.5) is 5.69 Å². The van der Waals surface area contributed by atoms with Crippen molar-refractivity contribution in [2.24, 2.45) is 0 Å². The molecule has 0 radical (unpaired) electrons. The average molecular weight is 303 g/mol. The highest BCUT2D eigenvalue weighted by molar-refractivity contribution is 7.09. The van der Waals surface area contributed by atoms with Crippen molar-refractivity contribution in [1.29, 1.82) is 0 Å². The second-order valence-electron chi connectivity index (χ2n) is 4.54. The second kappa shape index (κ2) is 5.53. The maximum atomic E-state index is 12.3. The number of carbonyl (C=O) groups is 2. The van der Waals surface area contributed by atoms with Crippen molar-refractivity contribution in [2.75, 3.05) is 5.32 Å². The molecule has 1 aromatic heterocycles. The van der Waals surface area contributed by atoms with E-state index in [9.17, 15) is 9.59 Å². The molecule has 0 bridgehead atoms. The van der Waals surface area contributed by atoms with Crippen LogP contribution in [0.15, 0.2) is 29.8 Å². The molecule has 1 aliphatic rings. The number of thiazole rings is 1. The van der Waals surface area contributed by atoms with Crippen molar-refractivity contribution >= 4 is 28.8 Å². The Morgan fingerprint density at radius 1 is 1.52 bits per heavy atom. The molecular formula is C14H13N3O3S. The van der Waals surface area contributed by atoms with Crippen LogP contribution in [0, 0.1) is 0 Å². The molecule has 108 valence electrons. The maximum absolute atomic E-state index is 12.3. The van der Waals surface area contributed by atoms with Crippen molar-refractivity contribution in [3.05, 3.63) is 40.3 Å². The third-order valence-corrected chi connectivity index (χ3v) is 3.84. The second-order valence-corrected chi connectivity index (χ2v) is 5.52. The van der Waals surface area contributed by atoms with Gasteiger partial charge in [0.15, 0.2) is 11.9 Å². The Morgan fingerprint density at radius 3 is 3.14 bits per heavy atom. The molecule has 0 spiro atoms. The van der Waals surface area contributed by atoms with Crippen molar-refractivity contribution in [3.8, 4) is 5.75 Å². The molecule has 0 saturated carbocycles. The summed E-state index contributed by atoms with van der Waals surface area (Å²) in [6, 6.07) is 5.08. The number of nitrogens with one attached hydrogen (secondary N) is 2. The standard InChI is InChI=1S/C14H13N3O3S/c1-8-13(18)17-10-4-2-3-9(12(10)20-8)14(19)16-7-11-15-5-6-21-11/h2-6,8H,7H2,1H3,(H,16,19)(H,17,18). The number of hydrogen-bond donors (Lipinski definition) is 2. The topological polar surface area (TPSA) is 80.3 Å². The Balaban J connectivity index is 1.80. The Kier molecular flexibility index (Phi) is 3.57. The highest BCUT2D eigenvalue weighted by Crippen LogP contribution is 2.33. The summed E-state index contributed by atoms with van der Waals surface area (Å²) < 4.78 is 5.55. The molecular weight excluding hydrogens is 290 g/mol. The summed E-state index contributed by atoms with van der Waals surface area (Å²) in [7, 11) is 0. The van der Waals surface area contributed by atoms with Crippen molar-refractivity contribution < 1.29 is 14.3 Å². The van der Waals surface area contributed by atoms with Gasteiger partial charge in [-0.25, -0.2) is 4.98 Å². The fourth-order valence-electron chi connectivity index (χ4n) is 2.00. The molecule has 1 unspecified atom stereocenters. The highest BCUT2D eigenvalue weighted by Gasteiger charge is 2.27. The van der Waals surface area contributed by atoms with E-state index >= 15 is 0 Å². The smallest absolute Gasteiger partial charge is 0.265 e. The monoisotopic (exact) mass is 303 g/mol. The number of aromatic nitrogens is 1. The maximum Gasteiger partial charge on any atom is 0.265 e. The summed E-state index contributed by atoms with van der Waals surface area (Å²) in [4.78, 5) is 28.0. The highest BCUT2D eigenvalue weighted by atomic mass is 32.1. The molecule has 1 aromatic carbocycles. The lowest BCUT2D eigenvalue weighted by Crippen LogP contribution is -2.35. The van der Waals surface area contributed by atoms with Gasteiger partial charge in [0.25, 0.3) is 11.8 Å². The average Bonchev–Trinajstić information content (AvgIpc) is 2.99. The molecule has 2 amide bonds. The van der Waals surface area contributed by atoms with Crippen molar-refractivity contribution in [2.45, 2.75) is 19.6 Å². The van der Waals surface area contributed by atoms with E-state index in [4.69, 9.17) is 4.74 Å². The number of fused-ring (bicyclic) bond motifs is 1. The van der Waals surface area contributed by atoms with Gasteiger partial charge in [0.1, 0.15) is 5.01 Å². The molecule has 6 nitrogen and oxygen atoms in total. The molecule has 3 rings (SSSR count). The Bertz CT molecular complexity index is 685. The molecule has 2 aromatic rings. The zero-order valence-electron chi connectivity index (χ0n) is 11.3. The van der Waals surface area contributed by atoms with E-state index < -0.39 is 6.10 Å². The zero-order valence-corrected chi connectivity index (χ0v) is 12.1. The van der Waals surface area contributed by atoms with E-state index in [0.717, 1.165) is 5.01 Å². The summed E-state index contributed by atoms with van der Waals surface area (Å²) in [5.41, 5.74) is 0.913. The number of nitrogens with zero attached hydrogens (tertiary/aromatic N) is 1. The fourth-order valence-corrected chi connectivity index (χ4v) is 2.55. The van der Waals surface area contributed by atoms with Crippen LogP contribution in [0.5, 0.6) is 5.75 Å². The van der Waals surface area contributed by atoms with Crippen molar-refractivity contribution in [3.63, 3.8) is 0 Å². The first-order valence-electron chi connectivity index (χ1n) is 6.42. The van der Waals surface area contributed by atoms with Crippen LogP contribution in [0.3, 0.4) is 0 Å². The number of ether oxygens (including phenoxy) is 1. The number of rotatable bonds is 3. The molecule has 1 aliphatic heterocycles. The SMILES string of the molecule is CC1Oc2c(cccc2C(=O)NCc2nccs2)NC1=O. The summed E-state index contributed by atoms with van der Waals surface area (Å²) in [5, 5.41) is 8.20. The van der Waals surface area contributed by atoms with Gasteiger partial charge in [0.2, 0.25) is 0 Å². The Hall–Kier alpha value is -2.41. The van der Waals surface area contributed by atoms with E-state index in [2.05, 4.69) is 15.6 Å². The molecule has 0 saturated heterocycles. The van der Waals surface area contributed by atoms with Gasteiger partial charge >= 0.3 is 0 Å². The van der Waals surface area contributed by atoms with Gasteiger partial charge in [-0.2, -0.15) is 0 Å². The summed E-state index contributed by atoms with van der Waals surface area (Å²) in [6.45, 7) is 2.00. The number of benzene rings is 1. The van der Waals surface area contributed by atoms with E-state index in [0.29, 0.717) is 23.5 Å². The lowest BCUT2D eigenvalue weighted by Gasteiger charge is -2.24. The first-order valence-corrected chi connectivity index (χ1v) is 7.30. The third kappa shape index (κ3) is 2.73. The quantitative estimate of drug-likeness (QED) is 0.906. The summed E-state index contributed by atoms with van der Waals surface area (Å²) >= 11 is 1.48. The van der Waals surface area contributed by atoms with Gasteiger partial charge in [-0.3, -0.25) is 9.59 Å². The Morgan fingerprint density at radius 2 is 2.38 bits per heavy atom. The van der Waals surface area contributed by atoms with E-state index in [1.807, 2.05) is 5.38 Å². The van der Waals surface area contributed by atoms with E-state index in [-0.39, 0.29) is 11.8 Å². The lowest BCUT2D eigenvalue weighted by molar-refractivity contribution is -0.122. The van der Waals surface area contributed by atoms with Crippen LogP contribution < -0.4 is 15.4 Å². The molecule has 0 fully saturated rings. The van der Waals surface area contributed by atoms with Gasteiger partial charge in [0.05, 0.1) is 17.8 Å². The van der Waals surface area contributed by atoms with Gasteiger partial charge in [0, 0.05) is 11.6 Å². The van der Waals surface area contributed by atoms with Crippen molar-refractivity contribution in [1.82, 2.24) is 10.3 Å². The zero-order chi connectivity index (χ0) is 14.8. The predicted molar refractivity (Wildman–Crippen MR) is 78.4 cm³/mol. The van der Waals surface area contributed by atoms with Gasteiger partial charge in [-0.15, -0.1) is 11.3 Å². The third-order valence-electron chi connectivity index (χ3n) is 3.07. The largest absolute Gasteiger partial charge is 0.478 e. The summed E-state index contributed by atoms with van der Waals surface area (Å²) in [5.74, 6) is -0.0746. The van der Waals surface area contributed by atoms with Gasteiger partial charge in [-0.1, -0.05) is 6.07 Å². The lowest BCUT2D eigenvalue weighted by atomic mass is 10.1. The van der Waals surface area contributed by atoms with Crippen LogP contribution in [0.25, 0.3) is 0 Å².